The van der Waals surface area contributed by atoms with Crippen molar-refractivity contribution < 1.29 is 4.79 Å². The number of hydrogen-bond acceptors (Lipinski definition) is 2. The molecule has 1 aromatic rings. The molecule has 0 radical (unpaired) electrons. The van der Waals surface area contributed by atoms with Gasteiger partial charge in [-0.25, -0.2) is 4.79 Å². The van der Waals surface area contributed by atoms with Gasteiger partial charge in [0.25, 0.3) is 0 Å². The Bertz CT molecular complexity index is 362. The first-order chi connectivity index (χ1) is 6.56. The van der Waals surface area contributed by atoms with Gasteiger partial charge in [-0.2, -0.15) is 0 Å². The van der Waals surface area contributed by atoms with E-state index in [1.165, 1.54) is 0 Å². The Balaban J connectivity index is 2.90. The third kappa shape index (κ3) is 2.13. The average Bonchev–Trinajstić information content (AvgIpc) is 2.48. The van der Waals surface area contributed by atoms with Gasteiger partial charge in [0.15, 0.2) is 0 Å². The smallest absolute Gasteiger partial charge is 0.303 e. The first kappa shape index (κ1) is 10.8. The summed E-state index contributed by atoms with van der Waals surface area (Å²) in [5, 5.41) is 0. The van der Waals surface area contributed by atoms with E-state index in [-0.39, 0.29) is 17.6 Å². The Morgan fingerprint density at radius 3 is 2.43 bits per heavy atom. The summed E-state index contributed by atoms with van der Waals surface area (Å²) in [5.41, 5.74) is -0.0475. The van der Waals surface area contributed by atoms with Crippen molar-refractivity contribution in [2.45, 2.75) is 33.4 Å². The van der Waals surface area contributed by atoms with Crippen molar-refractivity contribution in [3.8, 4) is 0 Å². The van der Waals surface area contributed by atoms with Crippen molar-refractivity contribution in [2.75, 3.05) is 0 Å². The van der Waals surface area contributed by atoms with E-state index in [1.807, 2.05) is 13.8 Å². The van der Waals surface area contributed by atoms with Crippen LogP contribution in [0.1, 0.15) is 26.8 Å². The Kier molecular flexibility index (Phi) is 3.28. The molecule has 0 aliphatic heterocycles. The van der Waals surface area contributed by atoms with Crippen molar-refractivity contribution in [2.24, 2.45) is 5.92 Å². The molecule has 0 aliphatic carbocycles. The summed E-state index contributed by atoms with van der Waals surface area (Å²) < 4.78 is 3.22. The highest BCUT2D eigenvalue weighted by Gasteiger charge is 2.08. The molecule has 0 saturated carbocycles. The minimum atomic E-state index is -0.115. The molecule has 0 amide bonds. The van der Waals surface area contributed by atoms with Gasteiger partial charge in [-0.05, 0) is 13.8 Å². The predicted molar refractivity (Wildman–Crippen MR) is 54.3 cm³/mol. The Labute approximate surface area is 83.2 Å². The molecule has 0 N–H and O–H groups in total. The fraction of sp³-hybridized carbons (Fsp3) is 0.600. The summed E-state index contributed by atoms with van der Waals surface area (Å²) in [7, 11) is 0. The number of rotatable bonds is 4. The molecule has 0 fully saturated rings. The molecule has 1 atom stereocenters. The first-order valence-electron chi connectivity index (χ1n) is 4.78. The van der Waals surface area contributed by atoms with Crippen LogP contribution in [0.4, 0.5) is 0 Å². The number of carbonyl (C=O) groups is 1. The third-order valence-corrected chi connectivity index (χ3v) is 2.15. The number of aldehydes is 1. The van der Waals surface area contributed by atoms with Gasteiger partial charge in [0.2, 0.25) is 0 Å². The maximum absolute atomic E-state index is 11.7. The molecule has 0 bridgehead atoms. The zero-order chi connectivity index (χ0) is 10.7. The molecule has 0 saturated heterocycles. The van der Waals surface area contributed by atoms with Gasteiger partial charge >= 0.3 is 5.69 Å². The topological polar surface area (TPSA) is 44.0 Å². The molecule has 4 heteroatoms. The van der Waals surface area contributed by atoms with Gasteiger partial charge in [-0.3, -0.25) is 9.13 Å². The number of carbonyl (C=O) groups excluding carboxylic acids is 1. The number of hydrogen-bond donors (Lipinski definition) is 0. The van der Waals surface area contributed by atoms with Gasteiger partial charge < -0.3 is 4.79 Å². The molecule has 78 valence electrons. The largest absolute Gasteiger partial charge is 0.328 e. The molecule has 4 nitrogen and oxygen atoms in total. The van der Waals surface area contributed by atoms with Crippen molar-refractivity contribution in [1.29, 1.82) is 0 Å². The number of aromatic nitrogens is 2. The van der Waals surface area contributed by atoms with E-state index in [0.29, 0.717) is 6.54 Å². The van der Waals surface area contributed by atoms with Crippen LogP contribution >= 0.6 is 0 Å². The molecular formula is C10H16N2O2. The fourth-order valence-corrected chi connectivity index (χ4v) is 1.31. The molecule has 1 heterocycles. The van der Waals surface area contributed by atoms with Crippen LogP contribution in [0.3, 0.4) is 0 Å². The van der Waals surface area contributed by atoms with Gasteiger partial charge in [-0.15, -0.1) is 0 Å². The zero-order valence-corrected chi connectivity index (χ0v) is 8.80. The first-order valence-corrected chi connectivity index (χ1v) is 4.78. The van der Waals surface area contributed by atoms with E-state index in [9.17, 15) is 9.59 Å². The van der Waals surface area contributed by atoms with Crippen LogP contribution in [0.15, 0.2) is 17.2 Å². The predicted octanol–water partition coefficient (Wildman–Crippen LogP) is 1.07. The standard InChI is InChI=1S/C10H16N2O2/c1-8(2)12-5-4-11(10(12)14)6-9(3)7-13/h4-5,7-9H,6H2,1-3H3. The van der Waals surface area contributed by atoms with Crippen molar-refractivity contribution in [3.63, 3.8) is 0 Å². The molecule has 0 aromatic carbocycles. The van der Waals surface area contributed by atoms with Gasteiger partial charge in [0.05, 0.1) is 0 Å². The second-order valence-electron chi connectivity index (χ2n) is 3.85. The molecule has 1 rings (SSSR count). The maximum Gasteiger partial charge on any atom is 0.328 e. The van der Waals surface area contributed by atoms with E-state index < -0.39 is 0 Å². The zero-order valence-electron chi connectivity index (χ0n) is 8.80. The lowest BCUT2D eigenvalue weighted by atomic mass is 10.2. The van der Waals surface area contributed by atoms with Crippen molar-refractivity contribution in [1.82, 2.24) is 9.13 Å². The molecule has 0 aliphatic rings. The summed E-state index contributed by atoms with van der Waals surface area (Å²) in [5.74, 6) is -0.115. The highest BCUT2D eigenvalue weighted by atomic mass is 16.1. The molecule has 1 unspecified atom stereocenters. The lowest BCUT2D eigenvalue weighted by Crippen LogP contribution is -2.27. The minimum absolute atomic E-state index is 0.0475. The van der Waals surface area contributed by atoms with Gasteiger partial charge in [-0.1, -0.05) is 6.92 Å². The summed E-state index contributed by atoms with van der Waals surface area (Å²) in [6.45, 7) is 6.16. The highest BCUT2D eigenvalue weighted by molar-refractivity contribution is 5.52. The van der Waals surface area contributed by atoms with Crippen LogP contribution in [0, 0.1) is 5.92 Å². The van der Waals surface area contributed by atoms with Crippen molar-refractivity contribution in [3.05, 3.63) is 22.9 Å². The second kappa shape index (κ2) is 4.26. The van der Waals surface area contributed by atoms with E-state index in [1.54, 1.807) is 28.5 Å². The average molecular weight is 196 g/mol. The van der Waals surface area contributed by atoms with Crippen molar-refractivity contribution >= 4 is 6.29 Å². The van der Waals surface area contributed by atoms with Crippen LogP contribution in [0.2, 0.25) is 0 Å². The summed E-state index contributed by atoms with van der Waals surface area (Å²) in [6.07, 6.45) is 4.34. The highest BCUT2D eigenvalue weighted by Crippen LogP contribution is 2.00. The second-order valence-corrected chi connectivity index (χ2v) is 3.85. The summed E-state index contributed by atoms with van der Waals surface area (Å²) >= 11 is 0. The summed E-state index contributed by atoms with van der Waals surface area (Å²) in [6, 6.07) is 0.162. The molecule has 1 aromatic heterocycles. The SMILES string of the molecule is CC(C=O)Cn1ccn(C(C)C)c1=O. The monoisotopic (exact) mass is 196 g/mol. The van der Waals surface area contributed by atoms with Gasteiger partial charge in [0.1, 0.15) is 6.29 Å². The lowest BCUT2D eigenvalue weighted by Gasteiger charge is -2.05. The van der Waals surface area contributed by atoms with E-state index in [0.717, 1.165) is 6.29 Å². The Morgan fingerprint density at radius 2 is 2.00 bits per heavy atom. The van der Waals surface area contributed by atoms with Crippen LogP contribution in [0.5, 0.6) is 0 Å². The quantitative estimate of drug-likeness (QED) is 0.676. The normalized spacial score (nSPS) is 13.1. The molecule has 0 spiro atoms. The molecule has 14 heavy (non-hydrogen) atoms. The van der Waals surface area contributed by atoms with Crippen LogP contribution in [-0.4, -0.2) is 15.4 Å². The Morgan fingerprint density at radius 1 is 1.36 bits per heavy atom. The third-order valence-electron chi connectivity index (χ3n) is 2.15. The van der Waals surface area contributed by atoms with Crippen LogP contribution < -0.4 is 5.69 Å². The summed E-state index contributed by atoms with van der Waals surface area (Å²) in [4.78, 5) is 22.1. The van der Waals surface area contributed by atoms with E-state index in [2.05, 4.69) is 0 Å². The lowest BCUT2D eigenvalue weighted by molar-refractivity contribution is -0.111. The number of imidazole rings is 1. The Hall–Kier alpha value is -1.32. The number of nitrogens with zero attached hydrogens (tertiary/aromatic N) is 2. The minimum Gasteiger partial charge on any atom is -0.303 e. The van der Waals surface area contributed by atoms with E-state index >= 15 is 0 Å². The fourth-order valence-electron chi connectivity index (χ4n) is 1.31. The molecular weight excluding hydrogens is 180 g/mol. The van der Waals surface area contributed by atoms with E-state index in [4.69, 9.17) is 0 Å². The van der Waals surface area contributed by atoms with Crippen LogP contribution in [0.25, 0.3) is 0 Å². The van der Waals surface area contributed by atoms with Crippen LogP contribution in [-0.2, 0) is 11.3 Å². The maximum atomic E-state index is 11.7. The van der Waals surface area contributed by atoms with Gasteiger partial charge in [0, 0.05) is 30.9 Å².